The first-order valence-corrected chi connectivity index (χ1v) is 16.0. The number of ether oxygens (including phenoxy) is 1. The third-order valence-electron chi connectivity index (χ3n) is 12.8. The smallest absolute Gasteiger partial charge is 0.338 e. The number of carbonyl (C=O) groups is 1. The van der Waals surface area contributed by atoms with E-state index in [0.717, 1.165) is 49.9 Å². The molecule has 0 aromatic heterocycles. The lowest BCUT2D eigenvalue weighted by molar-refractivity contribution is -0.152. The lowest BCUT2D eigenvalue weighted by Crippen LogP contribution is -2.56. The average Bonchev–Trinajstić information content (AvgIpc) is 3.30. The van der Waals surface area contributed by atoms with E-state index in [-0.39, 0.29) is 18.5 Å². The van der Waals surface area contributed by atoms with Crippen LogP contribution < -0.4 is 0 Å². The van der Waals surface area contributed by atoms with Crippen LogP contribution >= 0.6 is 0 Å². The third kappa shape index (κ3) is 5.30. The van der Waals surface area contributed by atoms with Crippen LogP contribution in [0.1, 0.15) is 122 Å². The lowest BCUT2D eigenvalue weighted by atomic mass is 9.43. The normalized spacial score (nSPS) is 40.9. The highest BCUT2D eigenvalue weighted by Crippen LogP contribution is 2.69. The summed E-state index contributed by atoms with van der Waals surface area (Å²) in [5, 5.41) is 20.5. The molecule has 4 nitrogen and oxygen atoms in total. The maximum absolute atomic E-state index is 12.6. The number of fused-ring (bicyclic) bond motifs is 5. The highest BCUT2D eigenvalue weighted by molar-refractivity contribution is 5.89. The Hall–Kier alpha value is -1.86. The molecule has 0 amide bonds. The molecule has 4 saturated carbocycles. The highest BCUT2D eigenvalue weighted by Gasteiger charge is 2.61. The van der Waals surface area contributed by atoms with Gasteiger partial charge in [-0.25, -0.2) is 4.79 Å². The standard InChI is InChI=1S/C35H51NO3/c1-5-35(38)21-20-33(3)26(23-35)12-14-28-30-16-15-29(34(30,4)19-17-31(28)33)24(2)11-13-27(18-22-36)39-32(37)25-9-7-6-8-10-25/h6-10,24,26-31,38H,5,11-21,23H2,1-4H3/t24-,26+,27-,28+,29-,30+,31+,33+,34-,35+/m1/s1. The van der Waals surface area contributed by atoms with Crippen molar-refractivity contribution in [1.82, 2.24) is 0 Å². The average molecular weight is 534 g/mol. The minimum Gasteiger partial charge on any atom is -0.458 e. The minimum absolute atomic E-state index is 0.256. The summed E-state index contributed by atoms with van der Waals surface area (Å²) in [5.41, 5.74) is 0.931. The van der Waals surface area contributed by atoms with Crippen molar-refractivity contribution in [3.05, 3.63) is 35.9 Å². The van der Waals surface area contributed by atoms with Crippen LogP contribution in [0, 0.1) is 57.7 Å². The molecular formula is C35H51NO3. The minimum atomic E-state index is -0.424. The molecule has 0 radical (unpaired) electrons. The molecule has 1 N–H and O–H groups in total. The van der Waals surface area contributed by atoms with Crippen LogP contribution in [0.2, 0.25) is 0 Å². The molecular weight excluding hydrogens is 482 g/mol. The number of nitriles is 1. The molecule has 0 spiro atoms. The molecule has 4 fully saturated rings. The van der Waals surface area contributed by atoms with Crippen LogP contribution in [0.3, 0.4) is 0 Å². The van der Waals surface area contributed by atoms with Gasteiger partial charge in [-0.1, -0.05) is 45.9 Å². The first-order valence-electron chi connectivity index (χ1n) is 16.0. The highest BCUT2D eigenvalue weighted by atomic mass is 16.5. The van der Waals surface area contributed by atoms with Gasteiger partial charge in [0.05, 0.1) is 23.7 Å². The number of esters is 1. The summed E-state index contributed by atoms with van der Waals surface area (Å²) in [7, 11) is 0. The van der Waals surface area contributed by atoms with Crippen molar-refractivity contribution in [2.75, 3.05) is 0 Å². The van der Waals surface area contributed by atoms with Gasteiger partial charge < -0.3 is 9.84 Å². The van der Waals surface area contributed by atoms with Gasteiger partial charge in [0, 0.05) is 0 Å². The molecule has 10 atom stereocenters. The summed E-state index contributed by atoms with van der Waals surface area (Å²) in [6.45, 7) is 9.77. The number of hydrogen-bond acceptors (Lipinski definition) is 4. The largest absolute Gasteiger partial charge is 0.458 e. The van der Waals surface area contributed by atoms with E-state index in [9.17, 15) is 15.2 Å². The second-order valence-electron chi connectivity index (χ2n) is 14.5. The van der Waals surface area contributed by atoms with Crippen molar-refractivity contribution in [3.63, 3.8) is 0 Å². The van der Waals surface area contributed by atoms with E-state index >= 15 is 0 Å². The molecule has 0 unspecified atom stereocenters. The van der Waals surface area contributed by atoms with Crippen molar-refractivity contribution in [2.24, 2.45) is 46.3 Å². The summed E-state index contributed by atoms with van der Waals surface area (Å²) < 4.78 is 5.80. The Morgan fingerprint density at radius 1 is 1.03 bits per heavy atom. The van der Waals surface area contributed by atoms with Gasteiger partial charge in [0.25, 0.3) is 0 Å². The SMILES string of the molecule is CC[C@]1(O)CC[C@@]2(C)[C@@H](CC[C@@H]3[C@@H]2CC[C@]2(C)[C@@H]([C@H](C)CC[C@H](CC#N)OC(=O)c4ccccc4)CC[C@@H]32)C1. The van der Waals surface area contributed by atoms with Gasteiger partial charge in [-0.3, -0.25) is 0 Å². The monoisotopic (exact) mass is 533 g/mol. The van der Waals surface area contributed by atoms with Gasteiger partial charge in [0.15, 0.2) is 0 Å². The molecule has 0 heterocycles. The summed E-state index contributed by atoms with van der Waals surface area (Å²) in [4.78, 5) is 12.6. The number of benzene rings is 1. The Labute approximate surface area is 236 Å². The maximum Gasteiger partial charge on any atom is 0.338 e. The van der Waals surface area contributed by atoms with Gasteiger partial charge in [-0.05, 0) is 136 Å². The lowest BCUT2D eigenvalue weighted by Gasteiger charge is -2.62. The zero-order valence-electron chi connectivity index (χ0n) is 24.8. The van der Waals surface area contributed by atoms with Gasteiger partial charge >= 0.3 is 5.97 Å². The van der Waals surface area contributed by atoms with Gasteiger partial charge in [-0.2, -0.15) is 5.26 Å². The van der Waals surface area contributed by atoms with E-state index in [0.29, 0.717) is 34.1 Å². The molecule has 5 rings (SSSR count). The molecule has 1 aromatic carbocycles. The molecule has 1 aromatic rings. The molecule has 39 heavy (non-hydrogen) atoms. The Kier molecular flexibility index (Phi) is 8.23. The Morgan fingerprint density at radius 3 is 2.49 bits per heavy atom. The number of rotatable bonds is 8. The fraction of sp³-hybridized carbons (Fsp3) is 0.771. The first-order chi connectivity index (χ1) is 18.6. The second kappa shape index (κ2) is 11.2. The van der Waals surface area contributed by atoms with Crippen LogP contribution in [0.25, 0.3) is 0 Å². The van der Waals surface area contributed by atoms with Crippen molar-refractivity contribution >= 4 is 5.97 Å². The number of hydrogen-bond donors (Lipinski definition) is 1. The molecule has 0 bridgehead atoms. The van der Waals surface area contributed by atoms with Crippen molar-refractivity contribution in [2.45, 2.75) is 123 Å². The van der Waals surface area contributed by atoms with E-state index in [4.69, 9.17) is 4.74 Å². The summed E-state index contributed by atoms with van der Waals surface area (Å²) in [6, 6.07) is 11.4. The maximum atomic E-state index is 12.6. The van der Waals surface area contributed by atoms with Gasteiger partial charge in [-0.15, -0.1) is 0 Å². The van der Waals surface area contributed by atoms with Crippen LogP contribution in [0.5, 0.6) is 0 Å². The van der Waals surface area contributed by atoms with Crippen molar-refractivity contribution in [1.29, 1.82) is 5.26 Å². The predicted octanol–water partition coefficient (Wildman–Crippen LogP) is 8.34. The molecule has 0 saturated heterocycles. The quantitative estimate of drug-likeness (QED) is 0.341. The molecule has 4 aliphatic carbocycles. The second-order valence-corrected chi connectivity index (χ2v) is 14.5. The first kappa shape index (κ1) is 28.7. The summed E-state index contributed by atoms with van der Waals surface area (Å²) in [6.07, 6.45) is 13.8. The van der Waals surface area contributed by atoms with Crippen LogP contribution in [0.4, 0.5) is 0 Å². The van der Waals surface area contributed by atoms with Crippen LogP contribution in [0.15, 0.2) is 30.3 Å². The van der Waals surface area contributed by atoms with E-state index in [1.165, 1.54) is 44.9 Å². The van der Waals surface area contributed by atoms with E-state index < -0.39 is 5.60 Å². The molecule has 0 aliphatic heterocycles. The van der Waals surface area contributed by atoms with E-state index in [2.05, 4.69) is 33.8 Å². The predicted molar refractivity (Wildman–Crippen MR) is 155 cm³/mol. The van der Waals surface area contributed by atoms with Crippen LogP contribution in [-0.4, -0.2) is 22.8 Å². The Balaban J connectivity index is 1.22. The zero-order valence-corrected chi connectivity index (χ0v) is 24.8. The fourth-order valence-electron chi connectivity index (χ4n) is 10.4. The van der Waals surface area contributed by atoms with E-state index in [1.807, 2.05) is 18.2 Å². The van der Waals surface area contributed by atoms with Crippen molar-refractivity contribution < 1.29 is 14.6 Å². The molecule has 214 valence electrons. The summed E-state index contributed by atoms with van der Waals surface area (Å²) in [5.74, 6) is 4.12. The zero-order chi connectivity index (χ0) is 27.8. The van der Waals surface area contributed by atoms with Crippen LogP contribution in [-0.2, 0) is 4.74 Å². The topological polar surface area (TPSA) is 70.3 Å². The fourth-order valence-corrected chi connectivity index (χ4v) is 10.4. The molecule has 4 aliphatic rings. The third-order valence-corrected chi connectivity index (χ3v) is 12.8. The Bertz CT molecular complexity index is 1050. The van der Waals surface area contributed by atoms with Gasteiger partial charge in [0.2, 0.25) is 0 Å². The van der Waals surface area contributed by atoms with Gasteiger partial charge in [0.1, 0.15) is 6.10 Å². The number of nitrogens with zero attached hydrogens (tertiary/aromatic N) is 1. The molecule has 4 heteroatoms. The Morgan fingerprint density at radius 2 is 1.77 bits per heavy atom. The number of aliphatic hydroxyl groups is 1. The summed E-state index contributed by atoms with van der Waals surface area (Å²) >= 11 is 0. The van der Waals surface area contributed by atoms with Crippen molar-refractivity contribution in [3.8, 4) is 6.07 Å². The number of carbonyl (C=O) groups excluding carboxylic acids is 1. The van der Waals surface area contributed by atoms with E-state index in [1.54, 1.807) is 12.1 Å².